The van der Waals surface area contributed by atoms with Crippen molar-refractivity contribution in [3.05, 3.63) is 63.6 Å². The lowest BCUT2D eigenvalue weighted by Gasteiger charge is -2.10. The van der Waals surface area contributed by atoms with Crippen molar-refractivity contribution >= 4 is 35.0 Å². The number of nitrogens with one attached hydrogen (secondary N) is 2. The van der Waals surface area contributed by atoms with Gasteiger partial charge in [-0.15, -0.1) is 0 Å². The van der Waals surface area contributed by atoms with Crippen LogP contribution in [0.5, 0.6) is 5.75 Å². The number of hydrogen-bond donors (Lipinski definition) is 2. The summed E-state index contributed by atoms with van der Waals surface area (Å²) in [5.74, 6) is 0.317. The summed E-state index contributed by atoms with van der Waals surface area (Å²) >= 11 is 11.8. The Labute approximate surface area is 169 Å². The van der Waals surface area contributed by atoms with E-state index in [1.807, 2.05) is 12.1 Å². The number of carbonyl (C=O) groups excluding carboxylic acids is 2. The van der Waals surface area contributed by atoms with E-state index >= 15 is 0 Å². The minimum atomic E-state index is -0.309. The van der Waals surface area contributed by atoms with Gasteiger partial charge in [0.25, 0.3) is 11.8 Å². The Kier molecular flexibility index (Phi) is 7.95. The molecular formula is C20H22Cl2N2O3. The second-order valence-electron chi connectivity index (χ2n) is 6.25. The van der Waals surface area contributed by atoms with Crippen molar-refractivity contribution in [1.82, 2.24) is 10.6 Å². The van der Waals surface area contributed by atoms with E-state index in [1.54, 1.807) is 30.3 Å². The van der Waals surface area contributed by atoms with Crippen LogP contribution in [0.15, 0.2) is 42.5 Å². The molecule has 0 bridgehead atoms. The van der Waals surface area contributed by atoms with Crippen LogP contribution in [0.4, 0.5) is 0 Å². The normalized spacial score (nSPS) is 10.6. The van der Waals surface area contributed by atoms with Crippen molar-refractivity contribution in [1.29, 1.82) is 0 Å². The third kappa shape index (κ3) is 6.77. The molecule has 0 saturated heterocycles. The lowest BCUT2D eigenvalue weighted by molar-refractivity contribution is -0.123. The molecule has 0 aliphatic heterocycles. The molecular weight excluding hydrogens is 387 g/mol. The molecule has 2 N–H and O–H groups in total. The number of amides is 2. The van der Waals surface area contributed by atoms with Crippen LogP contribution >= 0.6 is 23.2 Å². The summed E-state index contributed by atoms with van der Waals surface area (Å²) in [7, 11) is 0. The minimum Gasteiger partial charge on any atom is -0.482 e. The van der Waals surface area contributed by atoms with Gasteiger partial charge >= 0.3 is 0 Å². The molecule has 7 heteroatoms. The van der Waals surface area contributed by atoms with Gasteiger partial charge in [-0.2, -0.15) is 0 Å². The van der Waals surface area contributed by atoms with Gasteiger partial charge in [0.15, 0.2) is 6.61 Å². The molecule has 0 aliphatic carbocycles. The Morgan fingerprint density at radius 1 is 1.00 bits per heavy atom. The number of hydrogen-bond acceptors (Lipinski definition) is 3. The van der Waals surface area contributed by atoms with E-state index in [0.717, 1.165) is 0 Å². The highest BCUT2D eigenvalue weighted by Crippen LogP contribution is 2.27. The average Bonchev–Trinajstić information content (AvgIpc) is 2.64. The summed E-state index contributed by atoms with van der Waals surface area (Å²) in [6, 6.07) is 12.3. The maximum atomic E-state index is 12.1. The molecule has 144 valence electrons. The number of halogens is 2. The first kappa shape index (κ1) is 21.1. The largest absolute Gasteiger partial charge is 0.482 e. The maximum absolute atomic E-state index is 12.1. The van der Waals surface area contributed by atoms with E-state index < -0.39 is 0 Å². The van der Waals surface area contributed by atoms with Crippen molar-refractivity contribution in [3.8, 4) is 5.75 Å². The Hall–Kier alpha value is -2.24. The summed E-state index contributed by atoms with van der Waals surface area (Å²) in [6.45, 7) is 4.64. The van der Waals surface area contributed by atoms with Crippen LogP contribution in [-0.4, -0.2) is 31.5 Å². The topological polar surface area (TPSA) is 67.4 Å². The molecule has 0 unspecified atom stereocenters. The molecule has 2 amide bonds. The summed E-state index contributed by atoms with van der Waals surface area (Å²) in [5, 5.41) is 6.26. The molecule has 0 saturated carbocycles. The van der Waals surface area contributed by atoms with Crippen LogP contribution in [0.25, 0.3) is 0 Å². The lowest BCUT2D eigenvalue weighted by atomic mass is 10.0. The highest BCUT2D eigenvalue weighted by molar-refractivity contribution is 6.35. The first-order valence-corrected chi connectivity index (χ1v) is 9.35. The Bertz CT molecular complexity index is 792. The predicted molar refractivity (Wildman–Crippen MR) is 108 cm³/mol. The summed E-state index contributed by atoms with van der Waals surface area (Å²) in [4.78, 5) is 23.9. The lowest BCUT2D eigenvalue weighted by Crippen LogP contribution is -2.36. The van der Waals surface area contributed by atoms with Gasteiger partial charge in [0.2, 0.25) is 0 Å². The van der Waals surface area contributed by atoms with E-state index in [4.69, 9.17) is 27.9 Å². The van der Waals surface area contributed by atoms with Crippen LogP contribution in [-0.2, 0) is 4.79 Å². The van der Waals surface area contributed by atoms with Crippen molar-refractivity contribution in [2.75, 3.05) is 19.7 Å². The van der Waals surface area contributed by atoms with Gasteiger partial charge in [-0.1, -0.05) is 49.2 Å². The van der Waals surface area contributed by atoms with Crippen LogP contribution in [0.1, 0.15) is 35.7 Å². The zero-order chi connectivity index (χ0) is 19.8. The maximum Gasteiger partial charge on any atom is 0.258 e. The predicted octanol–water partition coefficient (Wildman–Crippen LogP) is 4.04. The van der Waals surface area contributed by atoms with Crippen LogP contribution in [0, 0.1) is 0 Å². The fourth-order valence-corrected chi connectivity index (χ4v) is 2.75. The van der Waals surface area contributed by atoms with E-state index in [9.17, 15) is 9.59 Å². The van der Waals surface area contributed by atoms with Crippen LogP contribution in [0.3, 0.4) is 0 Å². The SMILES string of the molecule is CC(C)c1ccc(C(=O)NCCNC(=O)COc2ccc(Cl)cc2Cl)cc1. The second kappa shape index (κ2) is 10.2. The molecule has 0 spiro atoms. The molecule has 5 nitrogen and oxygen atoms in total. The zero-order valence-corrected chi connectivity index (χ0v) is 16.7. The first-order valence-electron chi connectivity index (χ1n) is 8.59. The third-order valence-corrected chi connectivity index (χ3v) is 4.36. The third-order valence-electron chi connectivity index (χ3n) is 3.82. The van der Waals surface area contributed by atoms with Gasteiger partial charge < -0.3 is 15.4 Å². The smallest absolute Gasteiger partial charge is 0.258 e. The molecule has 2 aromatic carbocycles. The highest BCUT2D eigenvalue weighted by atomic mass is 35.5. The molecule has 0 radical (unpaired) electrons. The highest BCUT2D eigenvalue weighted by Gasteiger charge is 2.08. The van der Waals surface area contributed by atoms with Gasteiger partial charge in [0, 0.05) is 23.7 Å². The summed E-state index contributed by atoms with van der Waals surface area (Å²) in [5.41, 5.74) is 1.77. The van der Waals surface area contributed by atoms with E-state index in [1.165, 1.54) is 5.56 Å². The van der Waals surface area contributed by atoms with Gasteiger partial charge in [-0.05, 0) is 41.8 Å². The molecule has 0 heterocycles. The molecule has 0 aliphatic rings. The van der Waals surface area contributed by atoms with Crippen LogP contribution < -0.4 is 15.4 Å². The Morgan fingerprint density at radius 3 is 2.30 bits per heavy atom. The first-order chi connectivity index (χ1) is 12.9. The van der Waals surface area contributed by atoms with E-state index in [2.05, 4.69) is 24.5 Å². The summed E-state index contributed by atoms with van der Waals surface area (Å²) in [6.07, 6.45) is 0. The molecule has 2 aromatic rings. The number of benzene rings is 2. The zero-order valence-electron chi connectivity index (χ0n) is 15.2. The van der Waals surface area contributed by atoms with Gasteiger partial charge in [0.05, 0.1) is 5.02 Å². The Morgan fingerprint density at radius 2 is 1.67 bits per heavy atom. The molecule has 2 rings (SSSR count). The fraction of sp³-hybridized carbons (Fsp3) is 0.300. The van der Waals surface area contributed by atoms with Crippen LogP contribution in [0.2, 0.25) is 10.0 Å². The van der Waals surface area contributed by atoms with Gasteiger partial charge in [0.1, 0.15) is 5.75 Å². The molecule has 0 fully saturated rings. The summed E-state index contributed by atoms with van der Waals surface area (Å²) < 4.78 is 5.34. The number of carbonyl (C=O) groups is 2. The quantitative estimate of drug-likeness (QED) is 0.647. The van der Waals surface area contributed by atoms with Gasteiger partial charge in [-0.3, -0.25) is 9.59 Å². The second-order valence-corrected chi connectivity index (χ2v) is 7.09. The average molecular weight is 409 g/mol. The molecule has 0 aromatic heterocycles. The van der Waals surface area contributed by atoms with E-state index in [0.29, 0.717) is 40.4 Å². The standard InChI is InChI=1S/C20H22Cl2N2O3/c1-13(2)14-3-5-15(6-4-14)20(26)24-10-9-23-19(25)12-27-18-8-7-16(21)11-17(18)22/h3-8,11,13H,9-10,12H2,1-2H3,(H,23,25)(H,24,26). The Balaban J connectivity index is 1.68. The van der Waals surface area contributed by atoms with Crippen molar-refractivity contribution in [2.24, 2.45) is 0 Å². The monoisotopic (exact) mass is 408 g/mol. The molecule has 27 heavy (non-hydrogen) atoms. The number of ether oxygens (including phenoxy) is 1. The van der Waals surface area contributed by atoms with Gasteiger partial charge in [-0.25, -0.2) is 0 Å². The fourth-order valence-electron chi connectivity index (χ4n) is 2.29. The molecule has 0 atom stereocenters. The number of rotatable bonds is 8. The van der Waals surface area contributed by atoms with Crippen molar-refractivity contribution < 1.29 is 14.3 Å². The minimum absolute atomic E-state index is 0.175. The van der Waals surface area contributed by atoms with Crippen molar-refractivity contribution in [3.63, 3.8) is 0 Å². The van der Waals surface area contributed by atoms with Crippen molar-refractivity contribution in [2.45, 2.75) is 19.8 Å². The van der Waals surface area contributed by atoms with E-state index in [-0.39, 0.29) is 18.4 Å².